The lowest BCUT2D eigenvalue weighted by atomic mass is 10.1. The van der Waals surface area contributed by atoms with Crippen molar-refractivity contribution in [1.82, 2.24) is 5.16 Å². The van der Waals surface area contributed by atoms with Crippen molar-refractivity contribution in [3.8, 4) is 0 Å². The van der Waals surface area contributed by atoms with Crippen LogP contribution in [0.5, 0.6) is 0 Å². The van der Waals surface area contributed by atoms with Gasteiger partial charge in [0.05, 0.1) is 5.69 Å². The molecular formula is C17H22N4O. The van der Waals surface area contributed by atoms with E-state index in [0.29, 0.717) is 18.4 Å². The lowest BCUT2D eigenvalue weighted by molar-refractivity contribution is 0.376. The SMILES string of the molecule is CC(C)c1cc(CN=C(N)Nc2ccc3c(c2)CCC3)on1. The second kappa shape index (κ2) is 6.22. The van der Waals surface area contributed by atoms with E-state index in [0.717, 1.165) is 23.6 Å². The molecule has 1 aliphatic rings. The zero-order valence-electron chi connectivity index (χ0n) is 13.1. The summed E-state index contributed by atoms with van der Waals surface area (Å²) in [5.41, 5.74) is 10.7. The first-order valence-electron chi connectivity index (χ1n) is 7.76. The van der Waals surface area contributed by atoms with Crippen LogP contribution in [0.3, 0.4) is 0 Å². The molecule has 2 aromatic rings. The number of nitrogens with one attached hydrogen (secondary N) is 1. The molecule has 5 heteroatoms. The van der Waals surface area contributed by atoms with Gasteiger partial charge in [-0.3, -0.25) is 0 Å². The molecule has 1 heterocycles. The van der Waals surface area contributed by atoms with Crippen LogP contribution in [0.1, 0.15) is 48.8 Å². The van der Waals surface area contributed by atoms with Crippen LogP contribution in [0.4, 0.5) is 5.69 Å². The molecule has 1 aromatic carbocycles. The van der Waals surface area contributed by atoms with Crippen LogP contribution in [0, 0.1) is 0 Å². The zero-order chi connectivity index (χ0) is 15.5. The fourth-order valence-corrected chi connectivity index (χ4v) is 2.68. The molecule has 0 unspecified atom stereocenters. The monoisotopic (exact) mass is 298 g/mol. The van der Waals surface area contributed by atoms with Gasteiger partial charge in [0.15, 0.2) is 11.7 Å². The standard InChI is InChI=1S/C17H22N4O/c1-11(2)16-9-15(22-21-16)10-19-17(18)20-14-7-6-12-4-3-5-13(12)8-14/h6-9,11H,3-5,10H2,1-2H3,(H3,18,19,20). The maximum atomic E-state index is 5.94. The Hall–Kier alpha value is -2.30. The van der Waals surface area contributed by atoms with Gasteiger partial charge in [0.2, 0.25) is 0 Å². The molecule has 0 fully saturated rings. The van der Waals surface area contributed by atoms with Crippen molar-refractivity contribution in [2.45, 2.75) is 45.6 Å². The summed E-state index contributed by atoms with van der Waals surface area (Å²) in [5, 5.41) is 7.15. The van der Waals surface area contributed by atoms with Gasteiger partial charge in [-0.25, -0.2) is 4.99 Å². The molecule has 0 atom stereocenters. The molecule has 3 rings (SSSR count). The molecule has 0 aliphatic heterocycles. The van der Waals surface area contributed by atoms with Gasteiger partial charge in [-0.2, -0.15) is 0 Å². The molecule has 0 spiro atoms. The topological polar surface area (TPSA) is 76.4 Å². The number of aliphatic imine (C=N–C) groups is 1. The molecule has 5 nitrogen and oxygen atoms in total. The molecule has 1 aromatic heterocycles. The Morgan fingerprint density at radius 1 is 1.32 bits per heavy atom. The Balaban J connectivity index is 1.62. The molecule has 0 saturated carbocycles. The summed E-state index contributed by atoms with van der Waals surface area (Å²) in [6.07, 6.45) is 3.58. The summed E-state index contributed by atoms with van der Waals surface area (Å²) in [5.74, 6) is 1.46. The third kappa shape index (κ3) is 3.30. The maximum absolute atomic E-state index is 5.94. The third-order valence-corrected chi connectivity index (χ3v) is 3.94. The van der Waals surface area contributed by atoms with E-state index in [-0.39, 0.29) is 0 Å². The van der Waals surface area contributed by atoms with E-state index in [1.54, 1.807) is 0 Å². The number of anilines is 1. The number of aryl methyl sites for hydroxylation is 2. The number of fused-ring (bicyclic) bond motifs is 1. The van der Waals surface area contributed by atoms with Crippen molar-refractivity contribution in [2.75, 3.05) is 5.32 Å². The van der Waals surface area contributed by atoms with E-state index in [9.17, 15) is 0 Å². The van der Waals surface area contributed by atoms with Crippen molar-refractivity contribution < 1.29 is 4.52 Å². The number of benzene rings is 1. The van der Waals surface area contributed by atoms with E-state index in [1.165, 1.54) is 24.0 Å². The van der Waals surface area contributed by atoms with Gasteiger partial charge >= 0.3 is 0 Å². The Bertz CT molecular complexity index is 688. The van der Waals surface area contributed by atoms with Gasteiger partial charge < -0.3 is 15.6 Å². The molecule has 0 saturated heterocycles. The first-order chi connectivity index (χ1) is 10.6. The van der Waals surface area contributed by atoms with Crippen LogP contribution in [0.15, 0.2) is 33.8 Å². The summed E-state index contributed by atoms with van der Waals surface area (Å²) in [4.78, 5) is 4.31. The fourth-order valence-electron chi connectivity index (χ4n) is 2.68. The highest BCUT2D eigenvalue weighted by Crippen LogP contribution is 2.24. The molecular weight excluding hydrogens is 276 g/mol. The van der Waals surface area contributed by atoms with E-state index in [2.05, 4.69) is 47.5 Å². The van der Waals surface area contributed by atoms with E-state index >= 15 is 0 Å². The summed E-state index contributed by atoms with van der Waals surface area (Å²) < 4.78 is 5.25. The highest BCUT2D eigenvalue weighted by molar-refractivity contribution is 5.92. The second-order valence-electron chi connectivity index (χ2n) is 6.04. The maximum Gasteiger partial charge on any atom is 0.193 e. The van der Waals surface area contributed by atoms with Gasteiger partial charge in [0.1, 0.15) is 6.54 Å². The normalized spacial score (nSPS) is 14.4. The summed E-state index contributed by atoms with van der Waals surface area (Å²) in [6.45, 7) is 4.55. The Kier molecular flexibility index (Phi) is 4.13. The van der Waals surface area contributed by atoms with Crippen molar-refractivity contribution in [2.24, 2.45) is 10.7 Å². The van der Waals surface area contributed by atoms with Gasteiger partial charge in [-0.05, 0) is 48.4 Å². The smallest absolute Gasteiger partial charge is 0.193 e. The fraction of sp³-hybridized carbons (Fsp3) is 0.412. The number of guanidine groups is 1. The van der Waals surface area contributed by atoms with Crippen molar-refractivity contribution in [3.05, 3.63) is 46.8 Å². The van der Waals surface area contributed by atoms with E-state index in [1.807, 2.05) is 6.07 Å². The molecule has 3 N–H and O–H groups in total. The largest absolute Gasteiger partial charge is 0.370 e. The van der Waals surface area contributed by atoms with Crippen LogP contribution in [0.25, 0.3) is 0 Å². The number of aromatic nitrogens is 1. The number of nitrogens with two attached hydrogens (primary N) is 1. The summed E-state index contributed by atoms with van der Waals surface area (Å²) >= 11 is 0. The van der Waals surface area contributed by atoms with Gasteiger partial charge in [0.25, 0.3) is 0 Å². The molecule has 0 radical (unpaired) electrons. The van der Waals surface area contributed by atoms with Gasteiger partial charge in [-0.15, -0.1) is 0 Å². The lowest BCUT2D eigenvalue weighted by Gasteiger charge is -2.07. The van der Waals surface area contributed by atoms with Gasteiger partial charge in [-0.1, -0.05) is 25.1 Å². The highest BCUT2D eigenvalue weighted by Gasteiger charge is 2.11. The minimum absolute atomic E-state index is 0.350. The van der Waals surface area contributed by atoms with Gasteiger partial charge in [0, 0.05) is 11.8 Å². The molecule has 1 aliphatic carbocycles. The Morgan fingerprint density at radius 2 is 2.14 bits per heavy atom. The van der Waals surface area contributed by atoms with E-state index in [4.69, 9.17) is 10.3 Å². The lowest BCUT2D eigenvalue weighted by Crippen LogP contribution is -2.22. The van der Waals surface area contributed by atoms with Crippen molar-refractivity contribution in [3.63, 3.8) is 0 Å². The molecule has 116 valence electrons. The van der Waals surface area contributed by atoms with E-state index < -0.39 is 0 Å². The van der Waals surface area contributed by atoms with Crippen molar-refractivity contribution in [1.29, 1.82) is 0 Å². The average molecular weight is 298 g/mol. The first-order valence-corrected chi connectivity index (χ1v) is 7.76. The number of nitrogens with zero attached hydrogens (tertiary/aromatic N) is 2. The summed E-state index contributed by atoms with van der Waals surface area (Å²) in [6, 6.07) is 8.31. The first kappa shape index (κ1) is 14.6. The second-order valence-corrected chi connectivity index (χ2v) is 6.04. The summed E-state index contributed by atoms with van der Waals surface area (Å²) in [7, 11) is 0. The predicted molar refractivity (Wildman–Crippen MR) is 88.0 cm³/mol. The van der Waals surface area contributed by atoms with Crippen LogP contribution in [-0.4, -0.2) is 11.1 Å². The van der Waals surface area contributed by atoms with Crippen molar-refractivity contribution >= 4 is 11.6 Å². The number of hydrogen-bond donors (Lipinski definition) is 2. The average Bonchev–Trinajstić information content (AvgIpc) is 3.13. The zero-order valence-corrected chi connectivity index (χ0v) is 13.1. The van der Waals surface area contributed by atoms with Crippen LogP contribution in [0.2, 0.25) is 0 Å². The minimum Gasteiger partial charge on any atom is -0.370 e. The molecule has 0 bridgehead atoms. The van der Waals surface area contributed by atoms with Crippen LogP contribution < -0.4 is 11.1 Å². The molecule has 22 heavy (non-hydrogen) atoms. The Labute approximate surface area is 130 Å². The number of hydrogen-bond acceptors (Lipinski definition) is 3. The van der Waals surface area contributed by atoms with Crippen LogP contribution >= 0.6 is 0 Å². The third-order valence-electron chi connectivity index (χ3n) is 3.94. The predicted octanol–water partition coefficient (Wildman–Crippen LogP) is 3.21. The quantitative estimate of drug-likeness (QED) is 0.671. The Morgan fingerprint density at radius 3 is 2.91 bits per heavy atom. The molecule has 0 amide bonds. The van der Waals surface area contributed by atoms with Crippen LogP contribution in [-0.2, 0) is 19.4 Å². The number of rotatable bonds is 4. The minimum atomic E-state index is 0.350. The highest BCUT2D eigenvalue weighted by atomic mass is 16.5.